The summed E-state index contributed by atoms with van der Waals surface area (Å²) in [5, 5.41) is 0. The Morgan fingerprint density at radius 1 is 1.00 bits per heavy atom. The van der Waals surface area contributed by atoms with Crippen molar-refractivity contribution in [3.8, 4) is 0 Å². The van der Waals surface area contributed by atoms with E-state index in [2.05, 4.69) is 15.9 Å². The summed E-state index contributed by atoms with van der Waals surface area (Å²) in [6.45, 7) is 1.13. The number of aryl methyl sites for hydroxylation is 1. The summed E-state index contributed by atoms with van der Waals surface area (Å²) in [5.74, 6) is -7.66. The third-order valence-corrected chi connectivity index (χ3v) is 3.32. The maximum Gasteiger partial charge on any atom is 0.454 e. The third kappa shape index (κ3) is 2.62. The van der Waals surface area contributed by atoms with Crippen molar-refractivity contribution in [2.75, 3.05) is 0 Å². The van der Waals surface area contributed by atoms with Crippen molar-refractivity contribution in [1.82, 2.24) is 0 Å². The van der Waals surface area contributed by atoms with Gasteiger partial charge in [-0.25, -0.2) is 8.78 Å². The molecule has 0 fully saturated rings. The molecule has 8 heteroatoms. The predicted octanol–water partition coefficient (Wildman–Crippen LogP) is 4.91. The Labute approximate surface area is 106 Å². The number of hydrogen-bond donors (Lipinski definition) is 0. The van der Waals surface area contributed by atoms with Crippen molar-refractivity contribution in [3.63, 3.8) is 0 Å². The summed E-state index contributed by atoms with van der Waals surface area (Å²) >= 11 is 2.12. The molecule has 0 saturated carbocycles. The van der Waals surface area contributed by atoms with E-state index >= 15 is 0 Å². The Bertz CT molecular complexity index is 452. The fourth-order valence-corrected chi connectivity index (χ4v) is 1.82. The summed E-state index contributed by atoms with van der Waals surface area (Å²) in [6, 6.07) is 0.884. The zero-order chi connectivity index (χ0) is 14.3. The average molecular weight is 339 g/mol. The molecule has 0 aromatic heterocycles. The van der Waals surface area contributed by atoms with Gasteiger partial charge in [0.2, 0.25) is 0 Å². The third-order valence-electron chi connectivity index (χ3n) is 2.25. The molecule has 1 aromatic rings. The molecule has 0 heterocycles. The number of rotatable bonds is 2. The minimum Gasteiger partial charge on any atom is -0.207 e. The molecule has 0 amide bonds. The van der Waals surface area contributed by atoms with Gasteiger partial charge >= 0.3 is 12.1 Å². The quantitative estimate of drug-likeness (QED) is 0.531. The molecule has 0 saturated heterocycles. The van der Waals surface area contributed by atoms with Gasteiger partial charge in [0.05, 0.1) is 0 Å². The largest absolute Gasteiger partial charge is 0.454 e. The molecule has 0 aliphatic rings. The monoisotopic (exact) mass is 338 g/mol. The minimum atomic E-state index is -5.84. The number of alkyl halides is 6. The fourth-order valence-electron chi connectivity index (χ4n) is 1.21. The SMILES string of the molecule is Cc1cc(C(Br)C(F)(F)C(F)(F)F)c(F)cc1F. The molecule has 0 radical (unpaired) electrons. The topological polar surface area (TPSA) is 0 Å². The Morgan fingerprint density at radius 2 is 1.50 bits per heavy atom. The number of hydrogen-bond acceptors (Lipinski definition) is 0. The van der Waals surface area contributed by atoms with E-state index in [-0.39, 0.29) is 11.6 Å². The molecular formula is C10H6BrF7. The lowest BCUT2D eigenvalue weighted by Gasteiger charge is -2.25. The Kier molecular flexibility index (Phi) is 4.00. The van der Waals surface area contributed by atoms with E-state index in [9.17, 15) is 30.7 Å². The summed E-state index contributed by atoms with van der Waals surface area (Å²) in [4.78, 5) is -2.62. The van der Waals surface area contributed by atoms with Crippen LogP contribution < -0.4 is 0 Å². The first-order valence-corrected chi connectivity index (χ1v) is 5.44. The van der Waals surface area contributed by atoms with E-state index < -0.39 is 34.1 Å². The first-order valence-electron chi connectivity index (χ1n) is 4.52. The standard InChI is InChI=1S/C10H6BrF7/c1-4-2-5(7(13)3-6(4)12)8(11)9(14,15)10(16,17)18/h2-3,8H,1H3. The molecule has 1 unspecified atom stereocenters. The highest BCUT2D eigenvalue weighted by molar-refractivity contribution is 9.09. The van der Waals surface area contributed by atoms with Gasteiger partial charge in [-0.05, 0) is 18.6 Å². The Hall–Kier alpha value is -0.790. The summed E-state index contributed by atoms with van der Waals surface area (Å²) < 4.78 is 88.4. The summed E-state index contributed by atoms with van der Waals surface area (Å²) in [7, 11) is 0. The van der Waals surface area contributed by atoms with E-state index in [1.54, 1.807) is 0 Å². The van der Waals surface area contributed by atoms with Gasteiger partial charge in [0.15, 0.2) is 0 Å². The van der Waals surface area contributed by atoms with Crippen LogP contribution in [0.1, 0.15) is 16.0 Å². The second kappa shape index (κ2) is 4.71. The van der Waals surface area contributed by atoms with Crippen LogP contribution in [0.5, 0.6) is 0 Å². The number of halogens is 8. The van der Waals surface area contributed by atoms with Crippen molar-refractivity contribution in [1.29, 1.82) is 0 Å². The normalized spacial score (nSPS) is 14.7. The molecule has 0 spiro atoms. The van der Waals surface area contributed by atoms with Crippen molar-refractivity contribution in [2.45, 2.75) is 23.8 Å². The number of benzene rings is 1. The van der Waals surface area contributed by atoms with Gasteiger partial charge in [-0.1, -0.05) is 15.9 Å². The van der Waals surface area contributed by atoms with E-state index in [4.69, 9.17) is 0 Å². The maximum atomic E-state index is 13.2. The minimum absolute atomic E-state index is 0.228. The van der Waals surface area contributed by atoms with Gasteiger partial charge in [-0.3, -0.25) is 0 Å². The van der Waals surface area contributed by atoms with Crippen LogP contribution in [0.4, 0.5) is 30.7 Å². The molecule has 0 aliphatic carbocycles. The molecule has 0 nitrogen and oxygen atoms in total. The van der Waals surface area contributed by atoms with Crippen LogP contribution in [-0.4, -0.2) is 12.1 Å². The molecule has 18 heavy (non-hydrogen) atoms. The van der Waals surface area contributed by atoms with Crippen LogP contribution in [0, 0.1) is 18.6 Å². The lowest BCUT2D eigenvalue weighted by molar-refractivity contribution is -0.281. The van der Waals surface area contributed by atoms with Crippen molar-refractivity contribution in [2.24, 2.45) is 0 Å². The van der Waals surface area contributed by atoms with Crippen LogP contribution >= 0.6 is 15.9 Å². The second-order valence-corrected chi connectivity index (χ2v) is 4.52. The van der Waals surface area contributed by atoms with Crippen LogP contribution in [0.25, 0.3) is 0 Å². The summed E-state index contributed by atoms with van der Waals surface area (Å²) in [6.07, 6.45) is -5.84. The molecule has 0 bridgehead atoms. The Balaban J connectivity index is 3.27. The Morgan fingerprint density at radius 3 is 1.94 bits per heavy atom. The molecule has 1 aromatic carbocycles. The molecule has 0 aliphatic heterocycles. The first kappa shape index (κ1) is 15.3. The van der Waals surface area contributed by atoms with E-state index in [0.717, 1.165) is 6.92 Å². The van der Waals surface area contributed by atoms with Crippen LogP contribution in [0.3, 0.4) is 0 Å². The smallest absolute Gasteiger partial charge is 0.207 e. The lowest BCUT2D eigenvalue weighted by Crippen LogP contribution is -2.40. The van der Waals surface area contributed by atoms with Crippen molar-refractivity contribution < 1.29 is 30.7 Å². The first-order chi connectivity index (χ1) is 7.98. The fraction of sp³-hybridized carbons (Fsp3) is 0.400. The lowest BCUT2D eigenvalue weighted by atomic mass is 10.0. The van der Waals surface area contributed by atoms with Gasteiger partial charge in [-0.15, -0.1) is 0 Å². The zero-order valence-electron chi connectivity index (χ0n) is 8.76. The van der Waals surface area contributed by atoms with E-state index in [1.807, 2.05) is 0 Å². The molecular weight excluding hydrogens is 333 g/mol. The highest BCUT2D eigenvalue weighted by Gasteiger charge is 2.62. The van der Waals surface area contributed by atoms with Crippen LogP contribution in [0.2, 0.25) is 0 Å². The van der Waals surface area contributed by atoms with E-state index in [1.165, 1.54) is 0 Å². The molecule has 0 N–H and O–H groups in total. The highest BCUT2D eigenvalue weighted by atomic mass is 79.9. The molecule has 1 atom stereocenters. The van der Waals surface area contributed by atoms with E-state index in [0.29, 0.717) is 6.07 Å². The maximum absolute atomic E-state index is 13.2. The zero-order valence-corrected chi connectivity index (χ0v) is 10.3. The van der Waals surface area contributed by atoms with Crippen LogP contribution in [0.15, 0.2) is 12.1 Å². The average Bonchev–Trinajstić information content (AvgIpc) is 2.20. The van der Waals surface area contributed by atoms with Crippen molar-refractivity contribution >= 4 is 15.9 Å². The second-order valence-electron chi connectivity index (χ2n) is 3.61. The van der Waals surface area contributed by atoms with Gasteiger partial charge in [0.1, 0.15) is 16.5 Å². The molecule has 102 valence electrons. The summed E-state index contributed by atoms with van der Waals surface area (Å²) in [5.41, 5.74) is -1.18. The highest BCUT2D eigenvalue weighted by Crippen LogP contribution is 2.49. The molecule has 1 rings (SSSR count). The van der Waals surface area contributed by atoms with Gasteiger partial charge in [0.25, 0.3) is 0 Å². The predicted molar refractivity (Wildman–Crippen MR) is 53.8 cm³/mol. The van der Waals surface area contributed by atoms with Crippen molar-refractivity contribution in [3.05, 3.63) is 34.9 Å². The van der Waals surface area contributed by atoms with Crippen LogP contribution in [-0.2, 0) is 0 Å². The van der Waals surface area contributed by atoms with Gasteiger partial charge in [-0.2, -0.15) is 22.0 Å². The van der Waals surface area contributed by atoms with Gasteiger partial charge < -0.3 is 0 Å². The van der Waals surface area contributed by atoms with Gasteiger partial charge in [0, 0.05) is 11.6 Å².